The van der Waals surface area contributed by atoms with E-state index in [9.17, 15) is 8.42 Å². The SMILES string of the molecule is N#Cc1ccc(Cl)cc1S(=O)(=O)NC1CCCCC1CN. The first-order chi connectivity index (χ1) is 9.97. The van der Waals surface area contributed by atoms with Gasteiger partial charge in [-0.3, -0.25) is 0 Å². The predicted octanol–water partition coefficient (Wildman–Crippen LogP) is 2.01. The standard InChI is InChI=1S/C14H18ClN3O2S/c15-12-6-5-11(9-17)14(7-12)21(19,20)18-13-4-2-1-3-10(13)8-16/h5-7,10,13,18H,1-4,8,16H2. The van der Waals surface area contributed by atoms with Gasteiger partial charge in [-0.2, -0.15) is 5.26 Å². The van der Waals surface area contributed by atoms with Crippen molar-refractivity contribution in [2.45, 2.75) is 36.6 Å². The smallest absolute Gasteiger partial charge is 0.242 e. The number of nitrogens with two attached hydrogens (primary N) is 1. The Morgan fingerprint density at radius 3 is 2.76 bits per heavy atom. The zero-order valence-corrected chi connectivity index (χ0v) is 13.1. The van der Waals surface area contributed by atoms with Gasteiger partial charge < -0.3 is 5.73 Å². The van der Waals surface area contributed by atoms with Crippen molar-refractivity contribution in [3.05, 3.63) is 28.8 Å². The molecule has 0 heterocycles. The van der Waals surface area contributed by atoms with Crippen molar-refractivity contribution >= 4 is 21.6 Å². The summed E-state index contributed by atoms with van der Waals surface area (Å²) in [5.41, 5.74) is 5.81. The quantitative estimate of drug-likeness (QED) is 0.884. The minimum absolute atomic E-state index is 0.0705. The minimum Gasteiger partial charge on any atom is -0.330 e. The molecule has 1 saturated carbocycles. The Kier molecular flexibility index (Phi) is 5.22. The van der Waals surface area contributed by atoms with E-state index in [0.717, 1.165) is 25.7 Å². The second-order valence-electron chi connectivity index (χ2n) is 5.26. The highest BCUT2D eigenvalue weighted by atomic mass is 35.5. The molecule has 0 aliphatic heterocycles. The molecule has 2 unspecified atom stereocenters. The van der Waals surface area contributed by atoms with Crippen LogP contribution in [0.4, 0.5) is 0 Å². The molecule has 5 nitrogen and oxygen atoms in total. The van der Waals surface area contributed by atoms with Gasteiger partial charge in [0.25, 0.3) is 0 Å². The van der Waals surface area contributed by atoms with Crippen LogP contribution in [0.3, 0.4) is 0 Å². The highest BCUT2D eigenvalue weighted by Crippen LogP contribution is 2.26. The molecule has 1 aromatic carbocycles. The average molecular weight is 328 g/mol. The lowest BCUT2D eigenvalue weighted by molar-refractivity contribution is 0.296. The van der Waals surface area contributed by atoms with Crippen molar-refractivity contribution < 1.29 is 8.42 Å². The largest absolute Gasteiger partial charge is 0.330 e. The third-order valence-corrected chi connectivity index (χ3v) is 5.64. The molecular formula is C14H18ClN3O2S. The van der Waals surface area contributed by atoms with E-state index in [0.29, 0.717) is 6.54 Å². The Morgan fingerprint density at radius 2 is 2.10 bits per heavy atom. The molecule has 0 saturated heterocycles. The van der Waals surface area contributed by atoms with Crippen LogP contribution in [0.5, 0.6) is 0 Å². The molecule has 7 heteroatoms. The van der Waals surface area contributed by atoms with Gasteiger partial charge in [0, 0.05) is 11.1 Å². The predicted molar refractivity (Wildman–Crippen MR) is 81.3 cm³/mol. The minimum atomic E-state index is -3.78. The molecule has 1 aliphatic carbocycles. The van der Waals surface area contributed by atoms with Crippen LogP contribution in [0.15, 0.2) is 23.1 Å². The van der Waals surface area contributed by atoms with Crippen LogP contribution < -0.4 is 10.5 Å². The third kappa shape index (κ3) is 3.74. The first-order valence-electron chi connectivity index (χ1n) is 6.90. The topological polar surface area (TPSA) is 96.0 Å². The van der Waals surface area contributed by atoms with Crippen LogP contribution in [0.25, 0.3) is 0 Å². The van der Waals surface area contributed by atoms with E-state index in [2.05, 4.69) is 4.72 Å². The molecule has 114 valence electrons. The van der Waals surface area contributed by atoms with Crippen LogP contribution in [0.1, 0.15) is 31.2 Å². The second kappa shape index (κ2) is 6.75. The number of nitriles is 1. The molecule has 1 aromatic rings. The molecule has 2 atom stereocenters. The zero-order valence-electron chi connectivity index (χ0n) is 11.5. The van der Waals surface area contributed by atoms with Gasteiger partial charge in [-0.1, -0.05) is 24.4 Å². The Morgan fingerprint density at radius 1 is 1.38 bits per heavy atom. The Bertz CT molecular complexity index is 655. The number of hydrogen-bond donors (Lipinski definition) is 2. The number of nitrogens with one attached hydrogen (secondary N) is 1. The van der Waals surface area contributed by atoms with Gasteiger partial charge in [-0.25, -0.2) is 13.1 Å². The summed E-state index contributed by atoms with van der Waals surface area (Å²) >= 11 is 5.86. The molecule has 0 amide bonds. The Balaban J connectivity index is 2.30. The van der Waals surface area contributed by atoms with Crippen LogP contribution >= 0.6 is 11.6 Å². The molecule has 3 N–H and O–H groups in total. The van der Waals surface area contributed by atoms with E-state index in [1.807, 2.05) is 6.07 Å². The van der Waals surface area contributed by atoms with Gasteiger partial charge in [-0.15, -0.1) is 0 Å². The van der Waals surface area contributed by atoms with Crippen LogP contribution in [-0.2, 0) is 10.0 Å². The van der Waals surface area contributed by atoms with E-state index in [-0.39, 0.29) is 27.4 Å². The lowest BCUT2D eigenvalue weighted by atomic mass is 9.85. The number of rotatable bonds is 4. The molecule has 0 bridgehead atoms. The van der Waals surface area contributed by atoms with Gasteiger partial charge in [0.05, 0.1) is 5.56 Å². The molecule has 0 aromatic heterocycles. The van der Waals surface area contributed by atoms with Crippen molar-refractivity contribution in [1.29, 1.82) is 5.26 Å². The summed E-state index contributed by atoms with van der Waals surface area (Å²) in [6.45, 7) is 0.452. The molecule has 1 fully saturated rings. The first-order valence-corrected chi connectivity index (χ1v) is 8.76. The normalized spacial score (nSPS) is 22.7. The monoisotopic (exact) mass is 327 g/mol. The maximum absolute atomic E-state index is 12.5. The second-order valence-corrected chi connectivity index (χ2v) is 7.38. The maximum atomic E-state index is 12.5. The number of halogens is 1. The van der Waals surface area contributed by atoms with E-state index in [1.54, 1.807) is 0 Å². The van der Waals surface area contributed by atoms with Crippen molar-refractivity contribution in [1.82, 2.24) is 4.72 Å². The van der Waals surface area contributed by atoms with Crippen molar-refractivity contribution in [2.75, 3.05) is 6.54 Å². The summed E-state index contributed by atoms with van der Waals surface area (Å²) in [6, 6.07) is 5.93. The molecular weight excluding hydrogens is 310 g/mol. The number of sulfonamides is 1. The number of nitrogens with zero attached hydrogens (tertiary/aromatic N) is 1. The molecule has 21 heavy (non-hydrogen) atoms. The van der Waals surface area contributed by atoms with Crippen LogP contribution in [-0.4, -0.2) is 21.0 Å². The summed E-state index contributed by atoms with van der Waals surface area (Å²) in [4.78, 5) is -0.0705. The summed E-state index contributed by atoms with van der Waals surface area (Å²) in [5, 5.41) is 9.36. The summed E-state index contributed by atoms with van der Waals surface area (Å²) in [6.07, 6.45) is 3.74. The molecule has 0 radical (unpaired) electrons. The number of hydrogen-bond acceptors (Lipinski definition) is 4. The van der Waals surface area contributed by atoms with Crippen molar-refractivity contribution in [3.63, 3.8) is 0 Å². The van der Waals surface area contributed by atoms with E-state index < -0.39 is 10.0 Å². The fraction of sp³-hybridized carbons (Fsp3) is 0.500. The third-order valence-electron chi connectivity index (χ3n) is 3.87. The summed E-state index contributed by atoms with van der Waals surface area (Å²) in [7, 11) is -3.78. The fourth-order valence-electron chi connectivity index (χ4n) is 2.72. The Labute approximate surface area is 130 Å². The average Bonchev–Trinajstić information content (AvgIpc) is 2.47. The van der Waals surface area contributed by atoms with E-state index in [4.69, 9.17) is 22.6 Å². The highest BCUT2D eigenvalue weighted by Gasteiger charge is 2.29. The molecule has 1 aliphatic rings. The van der Waals surface area contributed by atoms with Gasteiger partial charge in [0.1, 0.15) is 11.0 Å². The van der Waals surface area contributed by atoms with Gasteiger partial charge in [-0.05, 0) is 43.5 Å². The van der Waals surface area contributed by atoms with Crippen LogP contribution in [0.2, 0.25) is 5.02 Å². The van der Waals surface area contributed by atoms with Gasteiger partial charge >= 0.3 is 0 Å². The number of benzene rings is 1. The maximum Gasteiger partial charge on any atom is 0.242 e. The summed E-state index contributed by atoms with van der Waals surface area (Å²) in [5.74, 6) is 0.137. The fourth-order valence-corrected chi connectivity index (χ4v) is 4.48. The summed E-state index contributed by atoms with van der Waals surface area (Å²) < 4.78 is 27.8. The lowest BCUT2D eigenvalue weighted by Crippen LogP contribution is -2.44. The highest BCUT2D eigenvalue weighted by molar-refractivity contribution is 7.89. The Hall–Kier alpha value is -1.13. The molecule has 0 spiro atoms. The van der Waals surface area contributed by atoms with Crippen LogP contribution in [0, 0.1) is 17.2 Å². The van der Waals surface area contributed by atoms with Crippen molar-refractivity contribution in [2.24, 2.45) is 11.7 Å². The van der Waals surface area contributed by atoms with Gasteiger partial charge in [0.15, 0.2) is 0 Å². The van der Waals surface area contributed by atoms with E-state index >= 15 is 0 Å². The van der Waals surface area contributed by atoms with E-state index in [1.165, 1.54) is 18.2 Å². The van der Waals surface area contributed by atoms with Gasteiger partial charge in [0.2, 0.25) is 10.0 Å². The molecule has 2 rings (SSSR count). The van der Waals surface area contributed by atoms with Crippen molar-refractivity contribution in [3.8, 4) is 6.07 Å². The first kappa shape index (κ1) is 16.2. The lowest BCUT2D eigenvalue weighted by Gasteiger charge is -2.31. The zero-order chi connectivity index (χ0) is 15.5.